The first-order chi connectivity index (χ1) is 6.07. The SMILES string of the molecule is CS(=O)(=O)N1C[C@H]2CCCN[C@H]2C1. The Hall–Kier alpha value is -0.130. The quantitative estimate of drug-likeness (QED) is 0.634. The Morgan fingerprint density at radius 3 is 2.77 bits per heavy atom. The Balaban J connectivity index is 2.07. The van der Waals surface area contributed by atoms with Crippen LogP contribution in [0.2, 0.25) is 0 Å². The molecule has 0 aromatic heterocycles. The molecule has 0 aromatic rings. The Kier molecular flexibility index (Phi) is 2.33. The van der Waals surface area contributed by atoms with Crippen LogP contribution in [-0.2, 0) is 10.0 Å². The van der Waals surface area contributed by atoms with E-state index >= 15 is 0 Å². The fourth-order valence-electron chi connectivity index (χ4n) is 2.28. The highest BCUT2D eigenvalue weighted by Gasteiger charge is 2.37. The lowest BCUT2D eigenvalue weighted by molar-refractivity contribution is 0.339. The predicted molar refractivity (Wildman–Crippen MR) is 50.9 cm³/mol. The topological polar surface area (TPSA) is 49.4 Å². The van der Waals surface area contributed by atoms with Gasteiger partial charge in [-0.05, 0) is 25.3 Å². The Bertz CT molecular complexity index is 275. The monoisotopic (exact) mass is 204 g/mol. The zero-order valence-electron chi connectivity index (χ0n) is 7.86. The highest BCUT2D eigenvalue weighted by Crippen LogP contribution is 2.26. The van der Waals surface area contributed by atoms with Gasteiger partial charge in [-0.1, -0.05) is 0 Å². The number of rotatable bonds is 1. The van der Waals surface area contributed by atoms with Gasteiger partial charge < -0.3 is 5.32 Å². The third-order valence-electron chi connectivity index (χ3n) is 3.03. The summed E-state index contributed by atoms with van der Waals surface area (Å²) < 4.78 is 24.1. The lowest BCUT2D eigenvalue weighted by Gasteiger charge is -2.24. The maximum Gasteiger partial charge on any atom is 0.211 e. The summed E-state index contributed by atoms with van der Waals surface area (Å²) in [6.45, 7) is 2.43. The molecule has 2 fully saturated rings. The summed E-state index contributed by atoms with van der Waals surface area (Å²) in [6, 6.07) is 0.406. The zero-order valence-corrected chi connectivity index (χ0v) is 8.68. The van der Waals surface area contributed by atoms with E-state index in [4.69, 9.17) is 0 Å². The zero-order chi connectivity index (χ0) is 9.47. The highest BCUT2D eigenvalue weighted by atomic mass is 32.2. The van der Waals surface area contributed by atoms with Gasteiger partial charge in [0.25, 0.3) is 0 Å². The molecule has 2 rings (SSSR count). The van der Waals surface area contributed by atoms with Crippen LogP contribution in [0.25, 0.3) is 0 Å². The van der Waals surface area contributed by atoms with Crippen molar-refractivity contribution in [3.8, 4) is 0 Å². The van der Waals surface area contributed by atoms with Gasteiger partial charge in [-0.2, -0.15) is 0 Å². The van der Waals surface area contributed by atoms with Gasteiger partial charge in [0, 0.05) is 19.1 Å². The molecule has 2 heterocycles. The number of piperidine rings is 1. The van der Waals surface area contributed by atoms with Crippen molar-refractivity contribution < 1.29 is 8.42 Å². The van der Waals surface area contributed by atoms with Crippen LogP contribution in [0.1, 0.15) is 12.8 Å². The van der Waals surface area contributed by atoms with Gasteiger partial charge in [-0.15, -0.1) is 0 Å². The maximum atomic E-state index is 11.3. The summed E-state index contributed by atoms with van der Waals surface area (Å²) in [5.41, 5.74) is 0. The van der Waals surface area contributed by atoms with Crippen molar-refractivity contribution >= 4 is 10.0 Å². The molecule has 0 bridgehead atoms. The number of fused-ring (bicyclic) bond motifs is 1. The van der Waals surface area contributed by atoms with E-state index in [9.17, 15) is 8.42 Å². The van der Waals surface area contributed by atoms with Crippen molar-refractivity contribution in [1.82, 2.24) is 9.62 Å². The van der Waals surface area contributed by atoms with Crippen LogP contribution in [0.15, 0.2) is 0 Å². The van der Waals surface area contributed by atoms with Crippen molar-refractivity contribution in [1.29, 1.82) is 0 Å². The summed E-state index contributed by atoms with van der Waals surface area (Å²) >= 11 is 0. The first-order valence-electron chi connectivity index (χ1n) is 4.76. The molecular formula is C8H16N2O2S. The van der Waals surface area contributed by atoms with Crippen LogP contribution in [0.3, 0.4) is 0 Å². The van der Waals surface area contributed by atoms with E-state index in [1.807, 2.05) is 0 Å². The fourth-order valence-corrected chi connectivity index (χ4v) is 3.17. The van der Waals surface area contributed by atoms with Crippen LogP contribution in [0.5, 0.6) is 0 Å². The third kappa shape index (κ3) is 1.87. The Labute approximate surface area is 79.4 Å². The summed E-state index contributed by atoms with van der Waals surface area (Å²) in [4.78, 5) is 0. The van der Waals surface area contributed by atoms with Crippen LogP contribution >= 0.6 is 0 Å². The molecule has 0 aliphatic carbocycles. The van der Waals surface area contributed by atoms with E-state index in [0.717, 1.165) is 13.1 Å². The van der Waals surface area contributed by atoms with E-state index in [0.29, 0.717) is 18.5 Å². The molecule has 0 amide bonds. The molecule has 0 saturated carbocycles. The second-order valence-corrected chi connectivity index (χ2v) is 6.03. The largest absolute Gasteiger partial charge is 0.312 e. The molecule has 13 heavy (non-hydrogen) atoms. The molecule has 2 saturated heterocycles. The van der Waals surface area contributed by atoms with E-state index in [1.165, 1.54) is 19.1 Å². The van der Waals surface area contributed by atoms with Crippen molar-refractivity contribution in [3.05, 3.63) is 0 Å². The summed E-state index contributed by atoms with van der Waals surface area (Å²) in [5.74, 6) is 0.545. The normalized spacial score (nSPS) is 36.1. The molecular weight excluding hydrogens is 188 g/mol. The van der Waals surface area contributed by atoms with E-state index in [1.54, 1.807) is 4.31 Å². The van der Waals surface area contributed by atoms with Crippen LogP contribution in [0.4, 0.5) is 0 Å². The van der Waals surface area contributed by atoms with Crippen molar-refractivity contribution in [3.63, 3.8) is 0 Å². The number of sulfonamides is 1. The van der Waals surface area contributed by atoms with Gasteiger partial charge in [0.1, 0.15) is 0 Å². The molecule has 1 N–H and O–H groups in total. The first kappa shape index (κ1) is 9.43. The van der Waals surface area contributed by atoms with Crippen molar-refractivity contribution in [2.24, 2.45) is 5.92 Å². The summed E-state index contributed by atoms with van der Waals surface area (Å²) in [6.07, 6.45) is 3.65. The van der Waals surface area contributed by atoms with Gasteiger partial charge in [-0.25, -0.2) is 12.7 Å². The predicted octanol–water partition coefficient (Wildman–Crippen LogP) is -0.370. The average Bonchev–Trinajstić information content (AvgIpc) is 2.45. The standard InChI is InChI=1S/C8H16N2O2S/c1-13(11,12)10-5-7-3-2-4-9-8(7)6-10/h7-9H,2-6H2,1H3/t7-,8+/m1/s1. The van der Waals surface area contributed by atoms with Crippen LogP contribution in [-0.4, -0.2) is 44.7 Å². The fraction of sp³-hybridized carbons (Fsp3) is 1.00. The van der Waals surface area contributed by atoms with E-state index < -0.39 is 10.0 Å². The Morgan fingerprint density at radius 2 is 2.15 bits per heavy atom. The smallest absolute Gasteiger partial charge is 0.211 e. The summed E-state index contributed by atoms with van der Waals surface area (Å²) in [7, 11) is -2.97. The molecule has 0 spiro atoms. The minimum atomic E-state index is -2.97. The van der Waals surface area contributed by atoms with E-state index in [2.05, 4.69) is 5.32 Å². The summed E-state index contributed by atoms with van der Waals surface area (Å²) in [5, 5.41) is 3.38. The third-order valence-corrected chi connectivity index (χ3v) is 4.27. The van der Waals surface area contributed by atoms with Gasteiger partial charge in [0.05, 0.1) is 6.26 Å². The number of hydrogen-bond donors (Lipinski definition) is 1. The van der Waals surface area contributed by atoms with Crippen LogP contribution < -0.4 is 5.32 Å². The molecule has 0 unspecified atom stereocenters. The highest BCUT2D eigenvalue weighted by molar-refractivity contribution is 7.88. The minimum absolute atomic E-state index is 0.406. The molecule has 0 radical (unpaired) electrons. The average molecular weight is 204 g/mol. The van der Waals surface area contributed by atoms with E-state index in [-0.39, 0.29) is 0 Å². The van der Waals surface area contributed by atoms with Gasteiger partial charge >= 0.3 is 0 Å². The second kappa shape index (κ2) is 3.22. The van der Waals surface area contributed by atoms with Gasteiger partial charge in [0.15, 0.2) is 0 Å². The number of nitrogens with zero attached hydrogens (tertiary/aromatic N) is 1. The van der Waals surface area contributed by atoms with Gasteiger partial charge in [0.2, 0.25) is 10.0 Å². The first-order valence-corrected chi connectivity index (χ1v) is 6.61. The minimum Gasteiger partial charge on any atom is -0.312 e. The van der Waals surface area contributed by atoms with Crippen molar-refractivity contribution in [2.45, 2.75) is 18.9 Å². The molecule has 0 aromatic carbocycles. The lowest BCUT2D eigenvalue weighted by Crippen LogP contribution is -2.40. The molecule has 5 heteroatoms. The molecule has 2 atom stereocenters. The number of nitrogens with one attached hydrogen (secondary N) is 1. The molecule has 2 aliphatic rings. The molecule has 4 nitrogen and oxygen atoms in total. The van der Waals surface area contributed by atoms with Gasteiger partial charge in [-0.3, -0.25) is 0 Å². The second-order valence-electron chi connectivity index (χ2n) is 4.04. The Morgan fingerprint density at radius 1 is 1.38 bits per heavy atom. The van der Waals surface area contributed by atoms with Crippen molar-refractivity contribution in [2.75, 3.05) is 25.9 Å². The van der Waals surface area contributed by atoms with Crippen LogP contribution in [0, 0.1) is 5.92 Å². The maximum absolute atomic E-state index is 11.3. The lowest BCUT2D eigenvalue weighted by atomic mass is 9.94. The number of hydrogen-bond acceptors (Lipinski definition) is 3. The molecule has 76 valence electrons. The molecule has 2 aliphatic heterocycles.